The molecule has 0 spiro atoms. The number of rotatable bonds is 9. The molecule has 1 N–H and O–H groups in total. The van der Waals surface area contributed by atoms with Crippen molar-refractivity contribution in [3.8, 4) is 0 Å². The number of alkyl carbamates (subject to hydrolysis) is 1. The van der Waals surface area contributed by atoms with Crippen molar-refractivity contribution in [1.29, 1.82) is 0 Å². The van der Waals surface area contributed by atoms with Crippen LogP contribution in [0.3, 0.4) is 0 Å². The molecule has 2 aromatic carbocycles. The van der Waals surface area contributed by atoms with Crippen molar-refractivity contribution in [1.82, 2.24) is 15.5 Å². The summed E-state index contributed by atoms with van der Waals surface area (Å²) >= 11 is 0. The van der Waals surface area contributed by atoms with Crippen LogP contribution in [0.5, 0.6) is 0 Å². The van der Waals surface area contributed by atoms with Crippen LogP contribution in [-0.2, 0) is 38.9 Å². The predicted molar refractivity (Wildman–Crippen MR) is 122 cm³/mol. The summed E-state index contributed by atoms with van der Waals surface area (Å²) in [7, 11) is 0. The molecule has 0 aliphatic heterocycles. The van der Waals surface area contributed by atoms with E-state index >= 15 is 0 Å². The van der Waals surface area contributed by atoms with Gasteiger partial charge < -0.3 is 19.3 Å². The Bertz CT molecular complexity index is 1180. The first kappa shape index (κ1) is 26.7. The number of aromatic nitrogens is 2. The quantitative estimate of drug-likeness (QED) is 0.416. The van der Waals surface area contributed by atoms with E-state index in [4.69, 9.17) is 14.0 Å². The molecule has 1 aromatic heterocycles. The second kappa shape index (κ2) is 11.2. The Labute approximate surface area is 205 Å². The van der Waals surface area contributed by atoms with Gasteiger partial charge in [-0.3, -0.25) is 4.79 Å². The van der Waals surface area contributed by atoms with Crippen LogP contribution in [-0.4, -0.2) is 34.9 Å². The van der Waals surface area contributed by atoms with Gasteiger partial charge in [0.05, 0.1) is 23.4 Å². The number of hydrogen-bond acceptors (Lipinski definition) is 7. The van der Waals surface area contributed by atoms with Gasteiger partial charge in [-0.2, -0.15) is 18.2 Å². The number of hydrogen-bond donors (Lipinski definition) is 1. The van der Waals surface area contributed by atoms with E-state index in [0.29, 0.717) is 5.56 Å². The number of esters is 1. The smallest absolute Gasteiger partial charge is 0.416 e. The molecule has 36 heavy (non-hydrogen) atoms. The molecule has 0 aliphatic rings. The van der Waals surface area contributed by atoms with Crippen molar-refractivity contribution in [2.45, 2.75) is 51.4 Å². The summed E-state index contributed by atoms with van der Waals surface area (Å²) in [5, 5.41) is 6.64. The number of alkyl halides is 3. The lowest BCUT2D eigenvalue weighted by molar-refractivity contribution is -0.142. The van der Waals surface area contributed by atoms with E-state index in [9.17, 15) is 22.8 Å². The molecule has 11 heteroatoms. The Morgan fingerprint density at radius 3 is 2.39 bits per heavy atom. The lowest BCUT2D eigenvalue weighted by atomic mass is 9.84. The lowest BCUT2D eigenvalue weighted by Gasteiger charge is -2.31. The number of ether oxygens (including phenoxy) is 2. The normalized spacial score (nSPS) is 12.6. The fourth-order valence-electron chi connectivity index (χ4n) is 3.31. The molecule has 1 amide bonds. The molecule has 0 radical (unpaired) electrons. The van der Waals surface area contributed by atoms with Crippen LogP contribution in [0, 0.1) is 0 Å². The first-order chi connectivity index (χ1) is 16.9. The van der Waals surface area contributed by atoms with E-state index in [1.54, 1.807) is 26.0 Å². The Hall–Kier alpha value is -3.89. The molecule has 0 aliphatic carbocycles. The Morgan fingerprint density at radius 1 is 1.03 bits per heavy atom. The van der Waals surface area contributed by atoms with Crippen LogP contribution in [0.1, 0.15) is 49.2 Å². The largest absolute Gasteiger partial charge is 0.464 e. The molecule has 3 rings (SSSR count). The minimum absolute atomic E-state index is 0.0197. The van der Waals surface area contributed by atoms with E-state index in [0.717, 1.165) is 17.7 Å². The number of amides is 1. The zero-order chi connectivity index (χ0) is 26.3. The second-order valence-corrected chi connectivity index (χ2v) is 8.67. The van der Waals surface area contributed by atoms with Gasteiger partial charge in [0.15, 0.2) is 5.82 Å². The van der Waals surface area contributed by atoms with E-state index in [1.807, 2.05) is 18.2 Å². The fourth-order valence-corrected chi connectivity index (χ4v) is 3.31. The van der Waals surface area contributed by atoms with Crippen molar-refractivity contribution in [2.24, 2.45) is 0 Å². The first-order valence-electron chi connectivity index (χ1n) is 11.0. The fraction of sp³-hybridized carbons (Fsp3) is 0.360. The maximum absolute atomic E-state index is 13.0. The lowest BCUT2D eigenvalue weighted by Crippen LogP contribution is -2.51. The number of carbonyl (C=O) groups excluding carboxylic acids is 2. The zero-order valence-electron chi connectivity index (χ0n) is 20.0. The molecule has 0 unspecified atom stereocenters. The summed E-state index contributed by atoms with van der Waals surface area (Å²) in [6.07, 6.45) is -5.23. The average molecular weight is 505 g/mol. The summed E-state index contributed by atoms with van der Waals surface area (Å²) in [6.45, 7) is 4.49. The number of nitrogens with zero attached hydrogens (tertiary/aromatic N) is 2. The van der Waals surface area contributed by atoms with Crippen molar-refractivity contribution in [3.05, 3.63) is 83.0 Å². The van der Waals surface area contributed by atoms with Crippen LogP contribution in [0.4, 0.5) is 18.0 Å². The molecule has 3 aromatic rings. The monoisotopic (exact) mass is 505 g/mol. The van der Waals surface area contributed by atoms with Crippen molar-refractivity contribution in [3.63, 3.8) is 0 Å². The summed E-state index contributed by atoms with van der Waals surface area (Å²) in [4.78, 5) is 28.2. The van der Waals surface area contributed by atoms with Gasteiger partial charge in [0, 0.05) is 6.92 Å². The maximum atomic E-state index is 13.0. The Kier molecular flexibility index (Phi) is 8.33. The van der Waals surface area contributed by atoms with Crippen molar-refractivity contribution >= 4 is 12.1 Å². The van der Waals surface area contributed by atoms with Gasteiger partial charge in [0.1, 0.15) is 13.2 Å². The SMILES string of the molecule is CC(=O)OC[C@@H](NC(=O)OCc1ccccc1)C(C)(C)c1noc(Cc2cccc(C(F)(F)F)c2)n1. The Balaban J connectivity index is 1.73. The average Bonchev–Trinajstić information content (AvgIpc) is 3.30. The highest BCUT2D eigenvalue weighted by Gasteiger charge is 2.38. The van der Waals surface area contributed by atoms with Gasteiger partial charge in [0.25, 0.3) is 0 Å². The summed E-state index contributed by atoms with van der Waals surface area (Å²) in [5.41, 5.74) is -0.644. The van der Waals surface area contributed by atoms with Gasteiger partial charge in [-0.25, -0.2) is 4.79 Å². The highest BCUT2D eigenvalue weighted by atomic mass is 19.4. The minimum Gasteiger partial charge on any atom is -0.464 e. The molecule has 1 atom stereocenters. The van der Waals surface area contributed by atoms with Crippen LogP contribution in [0.15, 0.2) is 59.1 Å². The molecular weight excluding hydrogens is 479 g/mol. The standard InChI is InChI=1S/C25H26F3N3O5/c1-16(32)34-15-20(29-23(33)35-14-17-8-5-4-6-9-17)24(2,3)22-30-21(36-31-22)13-18-10-7-11-19(12-18)25(26,27)28/h4-12,20H,13-15H2,1-3H3,(H,29,33)/t20-/m1/s1. The third-order valence-corrected chi connectivity index (χ3v) is 5.48. The summed E-state index contributed by atoms with van der Waals surface area (Å²) in [6, 6.07) is 13.1. The van der Waals surface area contributed by atoms with Crippen molar-refractivity contribution < 1.29 is 36.8 Å². The van der Waals surface area contributed by atoms with Crippen LogP contribution < -0.4 is 5.32 Å². The van der Waals surface area contributed by atoms with Gasteiger partial charge >= 0.3 is 18.2 Å². The van der Waals surface area contributed by atoms with Gasteiger partial charge in [0.2, 0.25) is 5.89 Å². The molecule has 1 heterocycles. The zero-order valence-corrected chi connectivity index (χ0v) is 20.0. The molecule has 192 valence electrons. The van der Waals surface area contributed by atoms with Gasteiger partial charge in [-0.05, 0) is 17.2 Å². The number of halogens is 3. The first-order valence-corrected chi connectivity index (χ1v) is 11.0. The summed E-state index contributed by atoms with van der Waals surface area (Å²) in [5.74, 6) is -0.283. The number of carbonyl (C=O) groups is 2. The topological polar surface area (TPSA) is 104 Å². The van der Waals surface area contributed by atoms with E-state index in [-0.39, 0.29) is 31.3 Å². The van der Waals surface area contributed by atoms with E-state index < -0.39 is 35.3 Å². The number of benzene rings is 2. The molecule has 0 fully saturated rings. The second-order valence-electron chi connectivity index (χ2n) is 8.67. The predicted octanol–water partition coefficient (Wildman–Crippen LogP) is 4.81. The third kappa shape index (κ3) is 7.30. The molecule has 0 bridgehead atoms. The highest BCUT2D eigenvalue weighted by Crippen LogP contribution is 2.30. The van der Waals surface area contributed by atoms with Gasteiger partial charge in [-0.1, -0.05) is 67.5 Å². The van der Waals surface area contributed by atoms with Crippen LogP contribution >= 0.6 is 0 Å². The third-order valence-electron chi connectivity index (χ3n) is 5.48. The minimum atomic E-state index is -4.47. The maximum Gasteiger partial charge on any atom is 0.416 e. The molecule has 8 nitrogen and oxygen atoms in total. The van der Waals surface area contributed by atoms with E-state index in [1.165, 1.54) is 19.1 Å². The van der Waals surface area contributed by atoms with Crippen molar-refractivity contribution in [2.75, 3.05) is 6.61 Å². The molecule has 0 saturated carbocycles. The van der Waals surface area contributed by atoms with Gasteiger partial charge in [-0.15, -0.1) is 0 Å². The Morgan fingerprint density at radius 2 is 1.72 bits per heavy atom. The summed E-state index contributed by atoms with van der Waals surface area (Å²) < 4.78 is 54.7. The molecular formula is C25H26F3N3O5. The van der Waals surface area contributed by atoms with Crippen LogP contribution in [0.25, 0.3) is 0 Å². The van der Waals surface area contributed by atoms with E-state index in [2.05, 4.69) is 15.5 Å². The highest BCUT2D eigenvalue weighted by molar-refractivity contribution is 5.68. The van der Waals surface area contributed by atoms with Crippen LogP contribution in [0.2, 0.25) is 0 Å². The number of nitrogens with one attached hydrogen (secondary N) is 1. The molecule has 0 saturated heterocycles.